The Labute approximate surface area is 204 Å². The van der Waals surface area contributed by atoms with Crippen LogP contribution in [0.25, 0.3) is 10.8 Å². The lowest BCUT2D eigenvalue weighted by Crippen LogP contribution is -2.59. The standard InChI is InChI=1S/C26H29ClN4O3/c1-16-12-20(27)13-19(24(16)32)14-29-25(33)17(2)30-26(34)22-15-31(11-10-28-22)23-9-5-7-18-6-3-4-8-21(18)23/h3-9,12-13,17,22,28,32H,10-11,14-15H2,1-2H3,(H,29,33)(H,30,34)/t17?,22-/m1/s1. The van der Waals surface area contributed by atoms with Gasteiger partial charge in [0.1, 0.15) is 17.8 Å². The number of aryl methyl sites for hydroxylation is 1. The maximum atomic E-state index is 12.9. The molecule has 1 heterocycles. The van der Waals surface area contributed by atoms with Gasteiger partial charge in [-0.3, -0.25) is 9.59 Å². The molecule has 7 nitrogen and oxygen atoms in total. The molecule has 178 valence electrons. The molecule has 8 heteroatoms. The van der Waals surface area contributed by atoms with Crippen LogP contribution in [-0.4, -0.2) is 48.6 Å². The summed E-state index contributed by atoms with van der Waals surface area (Å²) in [7, 11) is 0. The van der Waals surface area contributed by atoms with Gasteiger partial charge >= 0.3 is 0 Å². The number of phenols is 1. The molecule has 1 saturated heterocycles. The molecular weight excluding hydrogens is 452 g/mol. The van der Waals surface area contributed by atoms with Gasteiger partial charge in [0.05, 0.1) is 0 Å². The van der Waals surface area contributed by atoms with Crippen LogP contribution in [0.2, 0.25) is 5.02 Å². The molecule has 0 spiro atoms. The van der Waals surface area contributed by atoms with Gasteiger partial charge in [0, 0.05) is 47.8 Å². The number of amides is 2. The third-order valence-electron chi connectivity index (χ3n) is 6.15. The molecule has 2 atom stereocenters. The smallest absolute Gasteiger partial charge is 0.242 e. The quantitative estimate of drug-likeness (QED) is 0.435. The number of anilines is 1. The van der Waals surface area contributed by atoms with E-state index in [2.05, 4.69) is 45.1 Å². The van der Waals surface area contributed by atoms with E-state index in [4.69, 9.17) is 11.6 Å². The number of phenolic OH excluding ortho intramolecular Hbond substituents is 1. The van der Waals surface area contributed by atoms with E-state index in [0.717, 1.165) is 23.0 Å². The van der Waals surface area contributed by atoms with Crippen molar-refractivity contribution < 1.29 is 14.7 Å². The highest BCUT2D eigenvalue weighted by atomic mass is 35.5. The van der Waals surface area contributed by atoms with E-state index in [1.807, 2.05) is 18.2 Å². The Morgan fingerprint density at radius 1 is 1.21 bits per heavy atom. The summed E-state index contributed by atoms with van der Waals surface area (Å²) >= 11 is 6.05. The molecule has 2 amide bonds. The topological polar surface area (TPSA) is 93.7 Å². The molecule has 34 heavy (non-hydrogen) atoms. The summed E-state index contributed by atoms with van der Waals surface area (Å²) in [5.41, 5.74) is 2.26. The van der Waals surface area contributed by atoms with E-state index in [0.29, 0.717) is 29.2 Å². The number of benzene rings is 3. The van der Waals surface area contributed by atoms with Crippen molar-refractivity contribution in [1.29, 1.82) is 0 Å². The predicted molar refractivity (Wildman–Crippen MR) is 135 cm³/mol. The van der Waals surface area contributed by atoms with Crippen LogP contribution in [0.15, 0.2) is 54.6 Å². The summed E-state index contributed by atoms with van der Waals surface area (Å²) in [6.45, 7) is 5.45. The van der Waals surface area contributed by atoms with E-state index < -0.39 is 12.1 Å². The Bertz CT molecular complexity index is 1210. The third kappa shape index (κ3) is 5.26. The largest absolute Gasteiger partial charge is 0.507 e. The second kappa shape index (κ2) is 10.3. The minimum atomic E-state index is -0.732. The maximum absolute atomic E-state index is 12.9. The zero-order valence-corrected chi connectivity index (χ0v) is 20.0. The molecule has 0 bridgehead atoms. The number of aromatic hydroxyl groups is 1. The highest BCUT2D eigenvalue weighted by molar-refractivity contribution is 6.30. The Morgan fingerprint density at radius 2 is 1.97 bits per heavy atom. The second-order valence-corrected chi connectivity index (χ2v) is 9.07. The fourth-order valence-corrected chi connectivity index (χ4v) is 4.58. The van der Waals surface area contributed by atoms with Gasteiger partial charge in [-0.25, -0.2) is 0 Å². The van der Waals surface area contributed by atoms with Gasteiger partial charge in [-0.1, -0.05) is 48.0 Å². The Kier molecular flexibility index (Phi) is 7.24. The van der Waals surface area contributed by atoms with E-state index in [-0.39, 0.29) is 24.1 Å². The molecule has 1 aliphatic rings. The van der Waals surface area contributed by atoms with Crippen molar-refractivity contribution in [1.82, 2.24) is 16.0 Å². The van der Waals surface area contributed by atoms with Gasteiger partial charge in [0.25, 0.3) is 0 Å². The van der Waals surface area contributed by atoms with E-state index in [1.165, 1.54) is 0 Å². The van der Waals surface area contributed by atoms with Gasteiger partial charge in [-0.05, 0) is 43.0 Å². The molecule has 0 aromatic heterocycles. The highest BCUT2D eigenvalue weighted by Crippen LogP contribution is 2.28. The molecule has 4 rings (SSSR count). The summed E-state index contributed by atoms with van der Waals surface area (Å²) in [5.74, 6) is -0.470. The highest BCUT2D eigenvalue weighted by Gasteiger charge is 2.28. The number of hydrogen-bond acceptors (Lipinski definition) is 5. The Balaban J connectivity index is 1.36. The molecule has 4 N–H and O–H groups in total. The molecule has 3 aromatic rings. The van der Waals surface area contributed by atoms with Gasteiger partial charge in [0.2, 0.25) is 11.8 Å². The summed E-state index contributed by atoms with van der Waals surface area (Å²) in [5, 5.41) is 21.8. The first kappa shape index (κ1) is 23.9. The first-order chi connectivity index (χ1) is 16.3. The van der Waals surface area contributed by atoms with Crippen LogP contribution in [0.4, 0.5) is 5.69 Å². The number of carbonyl (C=O) groups excluding carboxylic acids is 2. The van der Waals surface area contributed by atoms with Crippen LogP contribution in [0.5, 0.6) is 5.75 Å². The predicted octanol–water partition coefficient (Wildman–Crippen LogP) is 3.11. The summed E-state index contributed by atoms with van der Waals surface area (Å²) < 4.78 is 0. The molecular formula is C26H29ClN4O3. The summed E-state index contributed by atoms with van der Waals surface area (Å²) in [6.07, 6.45) is 0. The van der Waals surface area contributed by atoms with Gasteiger partial charge in [-0.15, -0.1) is 0 Å². The minimum Gasteiger partial charge on any atom is -0.507 e. The third-order valence-corrected chi connectivity index (χ3v) is 6.37. The number of piperazine rings is 1. The summed E-state index contributed by atoms with van der Waals surface area (Å²) in [6, 6.07) is 16.5. The lowest BCUT2D eigenvalue weighted by Gasteiger charge is -2.35. The van der Waals surface area contributed by atoms with Crippen molar-refractivity contribution in [3.8, 4) is 5.75 Å². The van der Waals surface area contributed by atoms with Crippen LogP contribution in [-0.2, 0) is 16.1 Å². The summed E-state index contributed by atoms with van der Waals surface area (Å²) in [4.78, 5) is 27.7. The Hall–Kier alpha value is -3.29. The second-order valence-electron chi connectivity index (χ2n) is 8.63. The number of carbonyl (C=O) groups is 2. The van der Waals surface area contributed by atoms with Crippen LogP contribution >= 0.6 is 11.6 Å². The van der Waals surface area contributed by atoms with Crippen LogP contribution in [0.1, 0.15) is 18.1 Å². The van der Waals surface area contributed by atoms with E-state index >= 15 is 0 Å². The van der Waals surface area contributed by atoms with Crippen molar-refractivity contribution in [3.63, 3.8) is 0 Å². The van der Waals surface area contributed by atoms with Crippen molar-refractivity contribution >= 4 is 39.9 Å². The molecule has 1 fully saturated rings. The minimum absolute atomic E-state index is 0.0984. The molecule has 0 saturated carbocycles. The number of nitrogens with one attached hydrogen (secondary N) is 3. The van der Waals surface area contributed by atoms with E-state index in [1.54, 1.807) is 26.0 Å². The fraction of sp³-hybridized carbons (Fsp3) is 0.308. The Morgan fingerprint density at radius 3 is 2.79 bits per heavy atom. The number of halogens is 1. The van der Waals surface area contributed by atoms with Crippen LogP contribution < -0.4 is 20.9 Å². The average Bonchev–Trinajstić information content (AvgIpc) is 2.84. The SMILES string of the molecule is Cc1cc(Cl)cc(CNC(=O)C(C)NC(=O)[C@H]2CN(c3cccc4ccccc34)CCN2)c1O. The molecule has 1 unspecified atom stereocenters. The van der Waals surface area contributed by atoms with Crippen molar-refractivity contribution in [2.45, 2.75) is 32.5 Å². The molecule has 0 radical (unpaired) electrons. The van der Waals surface area contributed by atoms with Crippen LogP contribution in [0, 0.1) is 6.92 Å². The molecule has 3 aromatic carbocycles. The first-order valence-electron chi connectivity index (χ1n) is 11.4. The van der Waals surface area contributed by atoms with Crippen molar-refractivity contribution in [2.75, 3.05) is 24.5 Å². The number of hydrogen-bond donors (Lipinski definition) is 4. The van der Waals surface area contributed by atoms with E-state index in [9.17, 15) is 14.7 Å². The fourth-order valence-electron chi connectivity index (χ4n) is 4.28. The molecule has 1 aliphatic heterocycles. The van der Waals surface area contributed by atoms with Crippen LogP contribution in [0.3, 0.4) is 0 Å². The van der Waals surface area contributed by atoms with Gasteiger partial charge < -0.3 is 26.0 Å². The first-order valence-corrected chi connectivity index (χ1v) is 11.7. The number of rotatable bonds is 6. The monoisotopic (exact) mass is 480 g/mol. The van der Waals surface area contributed by atoms with Crippen molar-refractivity contribution in [2.24, 2.45) is 0 Å². The zero-order valence-electron chi connectivity index (χ0n) is 19.3. The van der Waals surface area contributed by atoms with Crippen molar-refractivity contribution in [3.05, 3.63) is 70.7 Å². The lowest BCUT2D eigenvalue weighted by molar-refractivity contribution is -0.129. The maximum Gasteiger partial charge on any atom is 0.242 e. The van der Waals surface area contributed by atoms with Gasteiger partial charge in [0.15, 0.2) is 0 Å². The number of fused-ring (bicyclic) bond motifs is 1. The van der Waals surface area contributed by atoms with Gasteiger partial charge in [-0.2, -0.15) is 0 Å². The lowest BCUT2D eigenvalue weighted by atomic mass is 10.1. The normalized spacial score (nSPS) is 16.8. The molecule has 0 aliphatic carbocycles. The average molecular weight is 481 g/mol. The zero-order chi connectivity index (χ0) is 24.2. The number of nitrogens with zero attached hydrogens (tertiary/aromatic N) is 1.